The van der Waals surface area contributed by atoms with E-state index < -0.39 is 0 Å². The standard InChI is InChI=1S/C8H13N3O/c12-11-6-5-10-8(11)7-3-1-2-4-9-7/h5-7,9,12H,1-4H2. The van der Waals surface area contributed by atoms with Crippen LogP contribution in [0.15, 0.2) is 12.4 Å². The van der Waals surface area contributed by atoms with Gasteiger partial charge in [-0.1, -0.05) is 6.42 Å². The molecule has 0 aromatic carbocycles. The molecule has 1 aliphatic rings. The lowest BCUT2D eigenvalue weighted by Gasteiger charge is -2.21. The molecule has 2 rings (SSSR count). The number of hydrogen-bond acceptors (Lipinski definition) is 3. The second kappa shape index (κ2) is 3.15. The molecule has 1 aromatic rings. The highest BCUT2D eigenvalue weighted by Gasteiger charge is 2.18. The number of rotatable bonds is 1. The van der Waals surface area contributed by atoms with Crippen LogP contribution in [0, 0.1) is 0 Å². The average Bonchev–Trinajstić information content (AvgIpc) is 2.53. The largest absolute Gasteiger partial charge is 0.427 e. The van der Waals surface area contributed by atoms with E-state index in [1.54, 1.807) is 12.4 Å². The van der Waals surface area contributed by atoms with Crippen LogP contribution in [0.4, 0.5) is 0 Å². The molecule has 0 spiro atoms. The Morgan fingerprint density at radius 3 is 3.08 bits per heavy atom. The van der Waals surface area contributed by atoms with Gasteiger partial charge in [-0.15, -0.1) is 0 Å². The van der Waals surface area contributed by atoms with Crippen molar-refractivity contribution in [3.05, 3.63) is 18.2 Å². The summed E-state index contributed by atoms with van der Waals surface area (Å²) in [6.07, 6.45) is 6.68. The molecule has 1 atom stereocenters. The second-order valence-corrected chi connectivity index (χ2v) is 3.13. The summed E-state index contributed by atoms with van der Waals surface area (Å²) < 4.78 is 1.10. The topological polar surface area (TPSA) is 50.1 Å². The molecule has 1 aliphatic heterocycles. The van der Waals surface area contributed by atoms with E-state index in [0.29, 0.717) is 0 Å². The SMILES string of the molecule is On1ccnc1C1CCCCN1. The fraction of sp³-hybridized carbons (Fsp3) is 0.625. The number of nitrogens with zero attached hydrogens (tertiary/aromatic N) is 2. The highest BCUT2D eigenvalue weighted by molar-refractivity contribution is 4.98. The Balaban J connectivity index is 2.13. The number of piperidine rings is 1. The van der Waals surface area contributed by atoms with E-state index in [9.17, 15) is 5.21 Å². The van der Waals surface area contributed by atoms with Crippen LogP contribution in [0.3, 0.4) is 0 Å². The fourth-order valence-electron chi connectivity index (χ4n) is 1.63. The summed E-state index contributed by atoms with van der Waals surface area (Å²) in [7, 11) is 0. The monoisotopic (exact) mass is 167 g/mol. The van der Waals surface area contributed by atoms with E-state index in [4.69, 9.17) is 0 Å². The summed E-state index contributed by atoms with van der Waals surface area (Å²) in [6, 6.07) is 0.235. The summed E-state index contributed by atoms with van der Waals surface area (Å²) in [5.74, 6) is 0.731. The van der Waals surface area contributed by atoms with Crippen molar-refractivity contribution in [1.29, 1.82) is 0 Å². The van der Waals surface area contributed by atoms with Crippen molar-refractivity contribution in [1.82, 2.24) is 15.0 Å². The summed E-state index contributed by atoms with van der Waals surface area (Å²) in [4.78, 5) is 4.09. The van der Waals surface area contributed by atoms with Gasteiger partial charge in [0.2, 0.25) is 0 Å². The number of hydrogen-bond donors (Lipinski definition) is 2. The van der Waals surface area contributed by atoms with Gasteiger partial charge in [0.25, 0.3) is 0 Å². The Bertz CT molecular complexity index is 253. The summed E-state index contributed by atoms with van der Waals surface area (Å²) in [5, 5.41) is 12.6. The molecule has 66 valence electrons. The van der Waals surface area contributed by atoms with Crippen LogP contribution in [-0.2, 0) is 0 Å². The van der Waals surface area contributed by atoms with Gasteiger partial charge in [-0.2, -0.15) is 4.73 Å². The molecular weight excluding hydrogens is 154 g/mol. The van der Waals surface area contributed by atoms with Gasteiger partial charge in [-0.05, 0) is 19.4 Å². The second-order valence-electron chi connectivity index (χ2n) is 3.13. The van der Waals surface area contributed by atoms with E-state index >= 15 is 0 Å². The predicted octanol–water partition coefficient (Wildman–Crippen LogP) is 0.935. The minimum atomic E-state index is 0.235. The maximum Gasteiger partial charge on any atom is 0.161 e. The van der Waals surface area contributed by atoms with Gasteiger partial charge < -0.3 is 10.5 Å². The summed E-state index contributed by atoms with van der Waals surface area (Å²) >= 11 is 0. The third-order valence-corrected chi connectivity index (χ3v) is 2.27. The molecule has 1 fully saturated rings. The fourth-order valence-corrected chi connectivity index (χ4v) is 1.63. The first-order valence-electron chi connectivity index (χ1n) is 4.34. The first-order valence-corrected chi connectivity index (χ1v) is 4.34. The Labute approximate surface area is 71.2 Å². The quantitative estimate of drug-likeness (QED) is 0.612. The number of imidazole rings is 1. The van der Waals surface area contributed by atoms with E-state index in [2.05, 4.69) is 10.3 Å². The molecule has 2 N–H and O–H groups in total. The predicted molar refractivity (Wildman–Crippen MR) is 44.0 cm³/mol. The number of aromatic nitrogens is 2. The summed E-state index contributed by atoms with van der Waals surface area (Å²) in [5.41, 5.74) is 0. The van der Waals surface area contributed by atoms with Gasteiger partial charge in [0.1, 0.15) is 0 Å². The lowest BCUT2D eigenvalue weighted by molar-refractivity contribution is 0.164. The van der Waals surface area contributed by atoms with Gasteiger partial charge in [-0.25, -0.2) is 4.98 Å². The van der Waals surface area contributed by atoms with Crippen molar-refractivity contribution in [3.8, 4) is 0 Å². The highest BCUT2D eigenvalue weighted by atomic mass is 16.5. The smallest absolute Gasteiger partial charge is 0.161 e. The zero-order valence-electron chi connectivity index (χ0n) is 6.90. The minimum absolute atomic E-state index is 0.235. The van der Waals surface area contributed by atoms with Crippen molar-refractivity contribution in [2.45, 2.75) is 25.3 Å². The maximum absolute atomic E-state index is 9.32. The van der Waals surface area contributed by atoms with Crippen LogP contribution in [0.25, 0.3) is 0 Å². The van der Waals surface area contributed by atoms with Crippen molar-refractivity contribution >= 4 is 0 Å². The van der Waals surface area contributed by atoms with Crippen LogP contribution >= 0.6 is 0 Å². The molecule has 0 bridgehead atoms. The molecule has 4 heteroatoms. The highest BCUT2D eigenvalue weighted by Crippen LogP contribution is 2.20. The maximum atomic E-state index is 9.32. The molecule has 0 aliphatic carbocycles. The van der Waals surface area contributed by atoms with Crippen LogP contribution < -0.4 is 5.32 Å². The van der Waals surface area contributed by atoms with E-state index in [1.165, 1.54) is 12.8 Å². The Morgan fingerprint density at radius 1 is 1.58 bits per heavy atom. The van der Waals surface area contributed by atoms with Gasteiger partial charge in [0.15, 0.2) is 5.82 Å². The Hall–Kier alpha value is -1.03. The van der Waals surface area contributed by atoms with E-state index in [-0.39, 0.29) is 6.04 Å². The molecule has 1 aromatic heterocycles. The van der Waals surface area contributed by atoms with Crippen molar-refractivity contribution in [2.75, 3.05) is 6.54 Å². The van der Waals surface area contributed by atoms with E-state index in [0.717, 1.165) is 23.5 Å². The lowest BCUT2D eigenvalue weighted by atomic mass is 10.0. The van der Waals surface area contributed by atoms with Crippen molar-refractivity contribution in [3.63, 3.8) is 0 Å². The van der Waals surface area contributed by atoms with Crippen molar-refractivity contribution < 1.29 is 5.21 Å². The molecular formula is C8H13N3O. The molecule has 12 heavy (non-hydrogen) atoms. The molecule has 1 saturated heterocycles. The van der Waals surface area contributed by atoms with Crippen LogP contribution in [0.2, 0.25) is 0 Å². The zero-order chi connectivity index (χ0) is 8.39. The third-order valence-electron chi connectivity index (χ3n) is 2.27. The minimum Gasteiger partial charge on any atom is -0.427 e. The molecule has 2 heterocycles. The first-order chi connectivity index (χ1) is 5.88. The normalized spacial score (nSPS) is 24.2. The van der Waals surface area contributed by atoms with Crippen LogP contribution in [0.1, 0.15) is 31.1 Å². The van der Waals surface area contributed by atoms with Crippen LogP contribution in [0.5, 0.6) is 0 Å². The average molecular weight is 167 g/mol. The molecule has 0 radical (unpaired) electrons. The first kappa shape index (κ1) is 7.61. The Kier molecular flexibility index (Phi) is 1.99. The zero-order valence-corrected chi connectivity index (χ0v) is 6.90. The molecule has 0 saturated carbocycles. The van der Waals surface area contributed by atoms with Crippen molar-refractivity contribution in [2.24, 2.45) is 0 Å². The van der Waals surface area contributed by atoms with Gasteiger partial charge in [-0.3, -0.25) is 0 Å². The Morgan fingerprint density at radius 2 is 2.50 bits per heavy atom. The molecule has 0 amide bonds. The summed E-state index contributed by atoms with van der Waals surface area (Å²) in [6.45, 7) is 1.03. The van der Waals surface area contributed by atoms with Crippen LogP contribution in [-0.4, -0.2) is 21.5 Å². The van der Waals surface area contributed by atoms with Gasteiger partial charge in [0.05, 0.1) is 12.2 Å². The number of nitrogens with one attached hydrogen (secondary N) is 1. The lowest BCUT2D eigenvalue weighted by Crippen LogP contribution is -2.28. The third kappa shape index (κ3) is 1.30. The van der Waals surface area contributed by atoms with E-state index in [1.807, 2.05) is 0 Å². The van der Waals surface area contributed by atoms with Gasteiger partial charge in [0, 0.05) is 6.20 Å². The van der Waals surface area contributed by atoms with Gasteiger partial charge >= 0.3 is 0 Å². The molecule has 4 nitrogen and oxygen atoms in total. The molecule has 1 unspecified atom stereocenters.